The minimum Gasteiger partial charge on any atom is -0.496 e. The molecule has 0 unspecified atom stereocenters. The molecule has 2 aromatic rings. The molecule has 0 spiro atoms. The molecule has 5 heteroatoms. The molecule has 1 atom stereocenters. The van der Waals surface area contributed by atoms with Crippen LogP contribution in [0.1, 0.15) is 24.4 Å². The molecule has 1 N–H and O–H groups in total. The highest BCUT2D eigenvalue weighted by Crippen LogP contribution is 2.24. The van der Waals surface area contributed by atoms with E-state index in [2.05, 4.69) is 28.5 Å². The van der Waals surface area contributed by atoms with Crippen molar-refractivity contribution in [1.82, 2.24) is 20.1 Å². The van der Waals surface area contributed by atoms with Gasteiger partial charge in [-0.25, -0.2) is 0 Å². The molecule has 1 aromatic carbocycles. The molecule has 0 aliphatic carbocycles. The Morgan fingerprint density at radius 2 is 2.17 bits per heavy atom. The number of hydrogen-bond donors (Lipinski definition) is 1. The van der Waals surface area contributed by atoms with Crippen LogP contribution in [0.5, 0.6) is 5.75 Å². The number of ether oxygens (including phenoxy) is 1. The number of nitrogens with zero attached hydrogens (tertiary/aromatic N) is 3. The van der Waals surface area contributed by atoms with Gasteiger partial charge in [-0.2, -0.15) is 0 Å². The van der Waals surface area contributed by atoms with Crippen molar-refractivity contribution >= 4 is 0 Å². The molecule has 0 saturated heterocycles. The van der Waals surface area contributed by atoms with Crippen molar-refractivity contribution in [3.63, 3.8) is 0 Å². The third-order valence-electron chi connectivity index (χ3n) is 2.98. The van der Waals surface area contributed by atoms with E-state index >= 15 is 0 Å². The van der Waals surface area contributed by atoms with Gasteiger partial charge in [-0.1, -0.05) is 18.2 Å². The lowest BCUT2D eigenvalue weighted by atomic mass is 10.1. The predicted molar refractivity (Wildman–Crippen MR) is 69.3 cm³/mol. The van der Waals surface area contributed by atoms with Gasteiger partial charge in [-0.05, 0) is 13.0 Å². The van der Waals surface area contributed by atoms with Crippen molar-refractivity contribution in [2.24, 2.45) is 7.05 Å². The normalized spacial score (nSPS) is 12.4. The summed E-state index contributed by atoms with van der Waals surface area (Å²) in [6.07, 6.45) is 1.70. The van der Waals surface area contributed by atoms with Gasteiger partial charge in [0.2, 0.25) is 0 Å². The second kappa shape index (κ2) is 5.64. The minimum atomic E-state index is 0.192. The molecular formula is C13H18N4O. The molecule has 1 heterocycles. The number of para-hydroxylation sites is 1. The smallest absolute Gasteiger partial charge is 0.146 e. The number of benzene rings is 1. The molecule has 0 amide bonds. The average Bonchev–Trinajstić information content (AvgIpc) is 2.81. The summed E-state index contributed by atoms with van der Waals surface area (Å²) in [4.78, 5) is 0. The van der Waals surface area contributed by atoms with Crippen molar-refractivity contribution in [1.29, 1.82) is 0 Å². The SMILES string of the molecule is COc1ccccc1[C@H](C)NCc1nncn1C. The fraction of sp³-hybridized carbons (Fsp3) is 0.385. The van der Waals surface area contributed by atoms with Crippen LogP contribution >= 0.6 is 0 Å². The Balaban J connectivity index is 2.03. The van der Waals surface area contributed by atoms with Crippen LogP contribution in [0.15, 0.2) is 30.6 Å². The van der Waals surface area contributed by atoms with E-state index in [1.54, 1.807) is 13.4 Å². The van der Waals surface area contributed by atoms with Crippen LogP contribution in [-0.2, 0) is 13.6 Å². The zero-order valence-corrected chi connectivity index (χ0v) is 10.9. The van der Waals surface area contributed by atoms with Gasteiger partial charge in [-0.3, -0.25) is 0 Å². The van der Waals surface area contributed by atoms with Crippen molar-refractivity contribution in [2.75, 3.05) is 7.11 Å². The average molecular weight is 246 g/mol. The summed E-state index contributed by atoms with van der Waals surface area (Å²) in [7, 11) is 3.62. The Morgan fingerprint density at radius 1 is 1.39 bits per heavy atom. The van der Waals surface area contributed by atoms with Crippen LogP contribution in [0.25, 0.3) is 0 Å². The summed E-state index contributed by atoms with van der Waals surface area (Å²) in [5, 5.41) is 11.3. The summed E-state index contributed by atoms with van der Waals surface area (Å²) in [6, 6.07) is 8.21. The molecule has 0 aliphatic heterocycles. The second-order valence-electron chi connectivity index (χ2n) is 4.20. The number of aryl methyl sites for hydroxylation is 1. The van der Waals surface area contributed by atoms with Gasteiger partial charge >= 0.3 is 0 Å². The van der Waals surface area contributed by atoms with Gasteiger partial charge < -0.3 is 14.6 Å². The van der Waals surface area contributed by atoms with E-state index < -0.39 is 0 Å². The van der Waals surface area contributed by atoms with E-state index in [-0.39, 0.29) is 6.04 Å². The summed E-state index contributed by atoms with van der Waals surface area (Å²) in [5.74, 6) is 1.81. The highest BCUT2D eigenvalue weighted by atomic mass is 16.5. The lowest BCUT2D eigenvalue weighted by Gasteiger charge is -2.16. The van der Waals surface area contributed by atoms with Crippen molar-refractivity contribution < 1.29 is 4.74 Å². The van der Waals surface area contributed by atoms with Crippen LogP contribution in [0.4, 0.5) is 0 Å². The first-order valence-electron chi connectivity index (χ1n) is 5.91. The van der Waals surface area contributed by atoms with Gasteiger partial charge in [0.05, 0.1) is 13.7 Å². The standard InChI is InChI=1S/C13H18N4O/c1-10(11-6-4-5-7-12(11)18-3)14-8-13-16-15-9-17(13)2/h4-7,9-10,14H,8H2,1-3H3/t10-/m0/s1. The largest absolute Gasteiger partial charge is 0.496 e. The van der Waals surface area contributed by atoms with Gasteiger partial charge in [0, 0.05) is 18.7 Å². The lowest BCUT2D eigenvalue weighted by molar-refractivity contribution is 0.401. The predicted octanol–water partition coefficient (Wildman–Crippen LogP) is 1.67. The number of methoxy groups -OCH3 is 1. The maximum absolute atomic E-state index is 5.35. The van der Waals surface area contributed by atoms with Gasteiger partial charge in [0.1, 0.15) is 17.9 Å². The molecule has 1 aromatic heterocycles. The Labute approximate surface area is 107 Å². The van der Waals surface area contributed by atoms with Crippen LogP contribution in [0.2, 0.25) is 0 Å². The first kappa shape index (κ1) is 12.6. The summed E-state index contributed by atoms with van der Waals surface area (Å²) >= 11 is 0. The fourth-order valence-electron chi connectivity index (χ4n) is 1.85. The summed E-state index contributed by atoms with van der Waals surface area (Å²) in [6.45, 7) is 2.78. The van der Waals surface area contributed by atoms with Crippen molar-refractivity contribution in [2.45, 2.75) is 19.5 Å². The Bertz CT molecular complexity index is 509. The van der Waals surface area contributed by atoms with Gasteiger partial charge in [0.25, 0.3) is 0 Å². The maximum Gasteiger partial charge on any atom is 0.146 e. The zero-order valence-electron chi connectivity index (χ0n) is 10.9. The minimum absolute atomic E-state index is 0.192. The maximum atomic E-state index is 5.35. The Morgan fingerprint density at radius 3 is 2.83 bits per heavy atom. The lowest BCUT2D eigenvalue weighted by Crippen LogP contribution is -2.20. The Kier molecular flexibility index (Phi) is 3.94. The van der Waals surface area contributed by atoms with E-state index in [0.717, 1.165) is 17.1 Å². The molecule has 96 valence electrons. The van der Waals surface area contributed by atoms with Crippen LogP contribution in [-0.4, -0.2) is 21.9 Å². The molecule has 5 nitrogen and oxygen atoms in total. The fourth-order valence-corrected chi connectivity index (χ4v) is 1.85. The molecular weight excluding hydrogens is 228 g/mol. The number of hydrogen-bond acceptors (Lipinski definition) is 4. The summed E-state index contributed by atoms with van der Waals surface area (Å²) < 4.78 is 7.26. The number of aromatic nitrogens is 3. The first-order chi connectivity index (χ1) is 8.72. The highest BCUT2D eigenvalue weighted by molar-refractivity contribution is 5.35. The first-order valence-corrected chi connectivity index (χ1v) is 5.91. The molecule has 0 aliphatic rings. The second-order valence-corrected chi connectivity index (χ2v) is 4.20. The van der Waals surface area contributed by atoms with Gasteiger partial charge in [0.15, 0.2) is 0 Å². The van der Waals surface area contributed by atoms with Crippen molar-refractivity contribution in [3.8, 4) is 5.75 Å². The van der Waals surface area contributed by atoms with E-state index in [0.29, 0.717) is 6.54 Å². The molecule has 0 bridgehead atoms. The van der Waals surface area contributed by atoms with E-state index in [9.17, 15) is 0 Å². The number of nitrogens with one attached hydrogen (secondary N) is 1. The monoisotopic (exact) mass is 246 g/mol. The third kappa shape index (κ3) is 2.68. The van der Waals surface area contributed by atoms with E-state index in [1.807, 2.05) is 29.8 Å². The molecule has 2 rings (SSSR count). The van der Waals surface area contributed by atoms with Gasteiger partial charge in [-0.15, -0.1) is 10.2 Å². The molecule has 0 fully saturated rings. The van der Waals surface area contributed by atoms with E-state index in [4.69, 9.17) is 4.74 Å². The third-order valence-corrected chi connectivity index (χ3v) is 2.98. The molecule has 0 saturated carbocycles. The highest BCUT2D eigenvalue weighted by Gasteiger charge is 2.11. The zero-order chi connectivity index (χ0) is 13.0. The van der Waals surface area contributed by atoms with Crippen molar-refractivity contribution in [3.05, 3.63) is 42.0 Å². The van der Waals surface area contributed by atoms with Crippen LogP contribution in [0, 0.1) is 0 Å². The molecule has 18 heavy (non-hydrogen) atoms. The van der Waals surface area contributed by atoms with Crippen LogP contribution < -0.4 is 10.1 Å². The summed E-state index contributed by atoms with van der Waals surface area (Å²) in [5.41, 5.74) is 1.14. The van der Waals surface area contributed by atoms with Crippen LogP contribution in [0.3, 0.4) is 0 Å². The Hall–Kier alpha value is -1.88. The van der Waals surface area contributed by atoms with E-state index in [1.165, 1.54) is 0 Å². The molecule has 0 radical (unpaired) electrons. The quantitative estimate of drug-likeness (QED) is 0.872. The number of rotatable bonds is 5. The topological polar surface area (TPSA) is 52.0 Å².